The number of rotatable bonds is 2. The Morgan fingerprint density at radius 3 is 2.54 bits per heavy atom. The first kappa shape index (κ1) is 13.2. The zero-order valence-electron chi connectivity index (χ0n) is 12.7. The van der Waals surface area contributed by atoms with Gasteiger partial charge >= 0.3 is 0 Å². The minimum absolute atomic E-state index is 0.261. The Bertz CT molecular complexity index is 1050. The Hall–Kier alpha value is -3.27. The molecule has 0 N–H and O–H groups in total. The first-order valence-electron chi connectivity index (χ1n) is 7.72. The molecule has 24 heavy (non-hydrogen) atoms. The summed E-state index contributed by atoms with van der Waals surface area (Å²) in [6.07, 6.45) is 1.74. The van der Waals surface area contributed by atoms with E-state index in [0.29, 0.717) is 11.7 Å². The van der Waals surface area contributed by atoms with Crippen LogP contribution < -0.4 is 9.47 Å². The van der Waals surface area contributed by atoms with E-state index in [9.17, 15) is 0 Å². The van der Waals surface area contributed by atoms with Crippen molar-refractivity contribution < 1.29 is 13.9 Å². The summed E-state index contributed by atoms with van der Waals surface area (Å²) in [5.41, 5.74) is 1.87. The van der Waals surface area contributed by atoms with Crippen molar-refractivity contribution in [2.45, 2.75) is 0 Å². The summed E-state index contributed by atoms with van der Waals surface area (Å²) in [5, 5.41) is 2.36. The van der Waals surface area contributed by atoms with Crippen molar-refractivity contribution in [3.63, 3.8) is 0 Å². The fourth-order valence-electron chi connectivity index (χ4n) is 2.91. The van der Waals surface area contributed by atoms with Gasteiger partial charge in [-0.15, -0.1) is 0 Å². The number of nitrogens with zero attached hydrogens (tertiary/aromatic N) is 1. The van der Waals surface area contributed by atoms with Crippen LogP contribution in [0.3, 0.4) is 0 Å². The number of hydrogen-bond acceptors (Lipinski definition) is 4. The number of oxazole rings is 1. The monoisotopic (exact) mass is 315 g/mol. The largest absolute Gasteiger partial charge is 0.454 e. The minimum Gasteiger partial charge on any atom is -0.454 e. The predicted octanol–water partition coefficient (Wildman–Crippen LogP) is 4.89. The van der Waals surface area contributed by atoms with Crippen molar-refractivity contribution in [1.29, 1.82) is 0 Å². The first-order valence-corrected chi connectivity index (χ1v) is 7.72. The smallest absolute Gasteiger partial charge is 0.231 e. The third-order valence-corrected chi connectivity index (χ3v) is 4.16. The lowest BCUT2D eigenvalue weighted by molar-refractivity contribution is 0.174. The summed E-state index contributed by atoms with van der Waals surface area (Å²) in [6, 6.07) is 20.2. The van der Waals surface area contributed by atoms with Crippen LogP contribution in [0.5, 0.6) is 11.5 Å². The summed E-state index contributed by atoms with van der Waals surface area (Å²) in [4.78, 5) is 4.42. The van der Waals surface area contributed by atoms with E-state index in [1.165, 1.54) is 5.39 Å². The third kappa shape index (κ3) is 2.12. The molecule has 0 unspecified atom stereocenters. The molecule has 3 aromatic carbocycles. The molecule has 2 heterocycles. The Balaban J connectivity index is 1.54. The molecule has 0 fully saturated rings. The van der Waals surface area contributed by atoms with E-state index in [0.717, 1.165) is 28.0 Å². The molecule has 0 saturated heterocycles. The van der Waals surface area contributed by atoms with Crippen LogP contribution in [0.4, 0.5) is 0 Å². The molecule has 0 atom stereocenters. The average Bonchev–Trinajstić information content (AvgIpc) is 3.30. The number of hydrogen-bond donors (Lipinski definition) is 0. The van der Waals surface area contributed by atoms with Gasteiger partial charge in [0.1, 0.15) is 0 Å². The van der Waals surface area contributed by atoms with Crippen molar-refractivity contribution >= 4 is 10.8 Å². The maximum absolute atomic E-state index is 5.96. The van der Waals surface area contributed by atoms with E-state index < -0.39 is 0 Å². The maximum Gasteiger partial charge on any atom is 0.231 e. The van der Waals surface area contributed by atoms with Gasteiger partial charge in [-0.1, -0.05) is 30.3 Å². The van der Waals surface area contributed by atoms with Gasteiger partial charge < -0.3 is 13.9 Å². The molecule has 116 valence electrons. The average molecular weight is 315 g/mol. The highest BCUT2D eigenvalue weighted by Crippen LogP contribution is 2.37. The van der Waals surface area contributed by atoms with Gasteiger partial charge in [-0.2, -0.15) is 0 Å². The Kier molecular flexibility index (Phi) is 2.82. The fraction of sp³-hybridized carbons (Fsp3) is 0.0500. The molecule has 0 saturated carbocycles. The molecule has 5 rings (SSSR count). The van der Waals surface area contributed by atoms with Crippen LogP contribution in [0, 0.1) is 0 Å². The summed E-state index contributed by atoms with van der Waals surface area (Å²) < 4.78 is 16.7. The number of benzene rings is 3. The van der Waals surface area contributed by atoms with Gasteiger partial charge in [0.25, 0.3) is 0 Å². The topological polar surface area (TPSA) is 44.5 Å². The molecule has 0 aliphatic carbocycles. The van der Waals surface area contributed by atoms with Crippen LogP contribution in [-0.4, -0.2) is 11.8 Å². The minimum atomic E-state index is 0.261. The van der Waals surface area contributed by atoms with Crippen molar-refractivity contribution in [1.82, 2.24) is 4.98 Å². The summed E-state index contributed by atoms with van der Waals surface area (Å²) in [6.45, 7) is 0.261. The Morgan fingerprint density at radius 1 is 0.750 bits per heavy atom. The molecule has 0 bridgehead atoms. The van der Waals surface area contributed by atoms with Gasteiger partial charge in [-0.3, -0.25) is 0 Å². The third-order valence-electron chi connectivity index (χ3n) is 4.16. The number of ether oxygens (including phenoxy) is 2. The van der Waals surface area contributed by atoms with Gasteiger partial charge in [0.15, 0.2) is 17.3 Å². The van der Waals surface area contributed by atoms with Crippen LogP contribution in [0.15, 0.2) is 71.3 Å². The van der Waals surface area contributed by atoms with Gasteiger partial charge in [0.2, 0.25) is 12.7 Å². The normalized spacial score (nSPS) is 12.7. The van der Waals surface area contributed by atoms with E-state index in [1.54, 1.807) is 6.20 Å². The summed E-state index contributed by atoms with van der Waals surface area (Å²) in [5.74, 6) is 2.80. The second-order valence-corrected chi connectivity index (χ2v) is 5.66. The van der Waals surface area contributed by atoms with Crippen molar-refractivity contribution in [2.75, 3.05) is 6.79 Å². The highest BCUT2D eigenvalue weighted by atomic mass is 16.7. The molecule has 4 aromatic rings. The first-order chi connectivity index (χ1) is 11.9. The Labute approximate surface area is 138 Å². The molecule has 1 aromatic heterocycles. The summed E-state index contributed by atoms with van der Waals surface area (Å²) >= 11 is 0. The highest BCUT2D eigenvalue weighted by Gasteiger charge is 2.16. The molecular weight excluding hydrogens is 302 g/mol. The van der Waals surface area contributed by atoms with Crippen LogP contribution in [-0.2, 0) is 0 Å². The van der Waals surface area contributed by atoms with Crippen LogP contribution >= 0.6 is 0 Å². The van der Waals surface area contributed by atoms with Crippen molar-refractivity contribution in [3.05, 3.63) is 66.9 Å². The highest BCUT2D eigenvalue weighted by molar-refractivity contribution is 5.86. The molecule has 4 nitrogen and oxygen atoms in total. The van der Waals surface area contributed by atoms with Crippen LogP contribution in [0.2, 0.25) is 0 Å². The second-order valence-electron chi connectivity index (χ2n) is 5.66. The lowest BCUT2D eigenvalue weighted by Crippen LogP contribution is -1.92. The molecular formula is C20H13NO3. The predicted molar refractivity (Wildman–Crippen MR) is 91.0 cm³/mol. The lowest BCUT2D eigenvalue weighted by atomic mass is 10.1. The van der Waals surface area contributed by atoms with Crippen LogP contribution in [0.1, 0.15) is 0 Å². The molecule has 0 radical (unpaired) electrons. The summed E-state index contributed by atoms with van der Waals surface area (Å²) in [7, 11) is 0. The van der Waals surface area contributed by atoms with E-state index in [2.05, 4.69) is 29.2 Å². The zero-order chi connectivity index (χ0) is 15.9. The van der Waals surface area contributed by atoms with Crippen molar-refractivity contribution in [3.8, 4) is 34.3 Å². The quantitative estimate of drug-likeness (QED) is 0.528. The molecule has 0 amide bonds. The van der Waals surface area contributed by atoms with E-state index >= 15 is 0 Å². The molecule has 1 aliphatic rings. The standard InChI is InChI=1S/C20H13NO3/c1-2-4-14-9-16(6-5-13(14)3-1)20-21-11-19(24-20)15-7-8-17-18(10-15)23-12-22-17/h1-11H,12H2. The molecule has 1 aliphatic heterocycles. The van der Waals surface area contributed by atoms with Gasteiger partial charge in [-0.05, 0) is 41.1 Å². The van der Waals surface area contributed by atoms with E-state index in [4.69, 9.17) is 13.9 Å². The van der Waals surface area contributed by atoms with Crippen molar-refractivity contribution in [2.24, 2.45) is 0 Å². The van der Waals surface area contributed by atoms with E-state index in [1.807, 2.05) is 36.4 Å². The fourth-order valence-corrected chi connectivity index (χ4v) is 2.91. The number of fused-ring (bicyclic) bond motifs is 2. The van der Waals surface area contributed by atoms with Crippen LogP contribution in [0.25, 0.3) is 33.6 Å². The van der Waals surface area contributed by atoms with E-state index in [-0.39, 0.29) is 6.79 Å². The SMILES string of the molecule is c1ccc2cc(-c3ncc(-c4ccc5c(c4)OCO5)o3)ccc2c1. The van der Waals surface area contributed by atoms with Gasteiger partial charge in [-0.25, -0.2) is 4.98 Å². The molecule has 4 heteroatoms. The number of aromatic nitrogens is 1. The zero-order valence-corrected chi connectivity index (χ0v) is 12.7. The second kappa shape index (κ2) is 5.13. The Morgan fingerprint density at radius 2 is 1.58 bits per heavy atom. The molecule has 0 spiro atoms. The lowest BCUT2D eigenvalue weighted by Gasteiger charge is -2.01. The van der Waals surface area contributed by atoms with Gasteiger partial charge in [0.05, 0.1) is 6.20 Å². The maximum atomic E-state index is 5.96. The van der Waals surface area contributed by atoms with Gasteiger partial charge in [0, 0.05) is 11.1 Å².